The summed E-state index contributed by atoms with van der Waals surface area (Å²) >= 11 is 0. The number of rotatable bonds is 3. The zero-order valence-corrected chi connectivity index (χ0v) is 18.8. The van der Waals surface area contributed by atoms with E-state index in [9.17, 15) is 14.4 Å². The summed E-state index contributed by atoms with van der Waals surface area (Å²) in [5.41, 5.74) is 5.91. The number of nitrogens with zero attached hydrogens (tertiary/aromatic N) is 1. The Morgan fingerprint density at radius 1 is 0.897 bits per heavy atom. The summed E-state index contributed by atoms with van der Waals surface area (Å²) in [7, 11) is 0. The molecular formula is C24H33NO4. The second-order valence-corrected chi connectivity index (χ2v) is 9.30. The lowest BCUT2D eigenvalue weighted by atomic mass is 9.81. The van der Waals surface area contributed by atoms with Crippen LogP contribution in [0.15, 0.2) is 0 Å². The lowest BCUT2D eigenvalue weighted by Crippen LogP contribution is -2.47. The van der Waals surface area contributed by atoms with Gasteiger partial charge < -0.3 is 9.64 Å². The van der Waals surface area contributed by atoms with Crippen LogP contribution in [0.2, 0.25) is 0 Å². The van der Waals surface area contributed by atoms with Crippen molar-refractivity contribution in [3.63, 3.8) is 0 Å². The number of likely N-dealkylation sites (tertiary alicyclic amines) is 1. The van der Waals surface area contributed by atoms with E-state index in [4.69, 9.17) is 4.74 Å². The van der Waals surface area contributed by atoms with Crippen LogP contribution in [-0.2, 0) is 14.3 Å². The second-order valence-electron chi connectivity index (χ2n) is 9.30. The molecule has 2 heterocycles. The molecule has 0 aromatic heterocycles. The van der Waals surface area contributed by atoms with E-state index in [1.807, 2.05) is 18.7 Å². The highest BCUT2D eigenvalue weighted by atomic mass is 16.6. The van der Waals surface area contributed by atoms with Crippen molar-refractivity contribution >= 4 is 17.7 Å². The fourth-order valence-corrected chi connectivity index (χ4v) is 4.86. The van der Waals surface area contributed by atoms with Gasteiger partial charge in [0.05, 0.1) is 12.3 Å². The largest absolute Gasteiger partial charge is 0.459 e. The summed E-state index contributed by atoms with van der Waals surface area (Å²) in [5, 5.41) is 0. The normalized spacial score (nSPS) is 22.0. The maximum absolute atomic E-state index is 13.4. The van der Waals surface area contributed by atoms with Gasteiger partial charge in [-0.15, -0.1) is 0 Å². The minimum Gasteiger partial charge on any atom is -0.459 e. The first-order chi connectivity index (χ1) is 13.5. The van der Waals surface area contributed by atoms with Crippen molar-refractivity contribution in [1.82, 2.24) is 4.90 Å². The van der Waals surface area contributed by atoms with Gasteiger partial charge in [-0.2, -0.15) is 0 Å². The van der Waals surface area contributed by atoms with Gasteiger partial charge in [0.25, 0.3) is 0 Å². The third kappa shape index (κ3) is 3.72. The molecule has 0 spiro atoms. The van der Waals surface area contributed by atoms with E-state index in [1.54, 1.807) is 13.8 Å². The highest BCUT2D eigenvalue weighted by molar-refractivity contribution is 6.01. The van der Waals surface area contributed by atoms with Gasteiger partial charge in [-0.3, -0.25) is 14.4 Å². The summed E-state index contributed by atoms with van der Waals surface area (Å²) in [6.07, 6.45) is 1.47. The zero-order chi connectivity index (χ0) is 21.7. The predicted molar refractivity (Wildman–Crippen MR) is 112 cm³/mol. The molecule has 2 aliphatic heterocycles. The molecule has 0 radical (unpaired) electrons. The van der Waals surface area contributed by atoms with Crippen LogP contribution in [0.5, 0.6) is 0 Å². The van der Waals surface area contributed by atoms with Gasteiger partial charge in [0.1, 0.15) is 5.60 Å². The number of Topliss-reactive ketones (excluding diaryl/α,β-unsaturated/α-hetero) is 1. The monoisotopic (exact) mass is 399 g/mol. The first-order valence-electron chi connectivity index (χ1n) is 10.6. The number of hydrogen-bond acceptors (Lipinski definition) is 4. The number of amides is 1. The van der Waals surface area contributed by atoms with E-state index in [1.165, 1.54) is 16.7 Å². The number of piperidine rings is 1. The van der Waals surface area contributed by atoms with E-state index >= 15 is 0 Å². The van der Waals surface area contributed by atoms with Gasteiger partial charge in [-0.25, -0.2) is 0 Å². The minimum absolute atomic E-state index is 0.0267. The molecule has 1 unspecified atom stereocenters. The first-order valence-corrected chi connectivity index (χ1v) is 10.6. The van der Waals surface area contributed by atoms with Gasteiger partial charge in [-0.05, 0) is 89.1 Å². The molecule has 1 atom stereocenters. The van der Waals surface area contributed by atoms with Crippen LogP contribution in [0.4, 0.5) is 0 Å². The van der Waals surface area contributed by atoms with E-state index in [0.717, 1.165) is 16.7 Å². The third-order valence-corrected chi connectivity index (χ3v) is 7.31. The highest BCUT2D eigenvalue weighted by Gasteiger charge is 2.48. The van der Waals surface area contributed by atoms with Gasteiger partial charge in [0, 0.05) is 24.6 Å². The maximum atomic E-state index is 13.4. The Morgan fingerprint density at radius 2 is 1.38 bits per heavy atom. The molecule has 2 saturated heterocycles. The van der Waals surface area contributed by atoms with Crippen molar-refractivity contribution in [1.29, 1.82) is 0 Å². The number of hydrogen-bond donors (Lipinski definition) is 0. The van der Waals surface area contributed by atoms with Crippen LogP contribution in [0.25, 0.3) is 0 Å². The number of benzene rings is 1. The van der Waals surface area contributed by atoms with Crippen molar-refractivity contribution in [2.24, 2.45) is 11.8 Å². The SMILES string of the molecule is Cc1c(C)c(C)c(C(=O)C2CCN(C(=O)C3CC(=O)OC3(C)C)CC2)c(C)c1C. The molecule has 29 heavy (non-hydrogen) atoms. The molecule has 1 aromatic rings. The van der Waals surface area contributed by atoms with Gasteiger partial charge in [0.15, 0.2) is 5.78 Å². The van der Waals surface area contributed by atoms with E-state index < -0.39 is 11.5 Å². The molecule has 0 N–H and O–H groups in total. The molecule has 0 saturated carbocycles. The van der Waals surface area contributed by atoms with Crippen LogP contribution in [0.1, 0.15) is 71.3 Å². The van der Waals surface area contributed by atoms with Gasteiger partial charge in [0.2, 0.25) is 5.91 Å². The standard InChI is InChI=1S/C24H33NO4/c1-13-14(2)16(4)21(17(5)15(13)3)22(27)18-8-10-25(11-9-18)23(28)19-12-20(26)29-24(19,6)7/h18-19H,8-12H2,1-7H3. The number of ketones is 1. The lowest BCUT2D eigenvalue weighted by Gasteiger charge is -2.35. The fraction of sp³-hybridized carbons (Fsp3) is 0.625. The van der Waals surface area contributed by atoms with Crippen LogP contribution < -0.4 is 0 Å². The van der Waals surface area contributed by atoms with Crippen LogP contribution >= 0.6 is 0 Å². The average Bonchev–Trinajstić information content (AvgIpc) is 2.96. The molecule has 1 amide bonds. The molecule has 0 aliphatic carbocycles. The Kier molecular flexibility index (Phi) is 5.63. The Bertz CT molecular complexity index is 846. The molecule has 158 valence electrons. The topological polar surface area (TPSA) is 63.7 Å². The molecule has 0 bridgehead atoms. The Morgan fingerprint density at radius 3 is 1.83 bits per heavy atom. The van der Waals surface area contributed by atoms with Gasteiger partial charge >= 0.3 is 5.97 Å². The van der Waals surface area contributed by atoms with Crippen LogP contribution in [-0.4, -0.2) is 41.3 Å². The molecule has 3 rings (SSSR count). The number of ether oxygens (including phenoxy) is 1. The predicted octanol–water partition coefficient (Wildman–Crippen LogP) is 3.99. The van der Waals surface area contributed by atoms with Crippen molar-refractivity contribution in [2.75, 3.05) is 13.1 Å². The summed E-state index contributed by atoms with van der Waals surface area (Å²) < 4.78 is 5.31. The quantitative estimate of drug-likeness (QED) is 0.569. The molecule has 2 fully saturated rings. The number of carbonyl (C=O) groups is 3. The van der Waals surface area contributed by atoms with Crippen LogP contribution in [0, 0.1) is 46.5 Å². The fourth-order valence-electron chi connectivity index (χ4n) is 4.86. The van der Waals surface area contributed by atoms with E-state index in [0.29, 0.717) is 25.9 Å². The van der Waals surface area contributed by atoms with Crippen molar-refractivity contribution < 1.29 is 19.1 Å². The number of carbonyl (C=O) groups excluding carboxylic acids is 3. The Hall–Kier alpha value is -2.17. The Labute approximate surface area is 173 Å². The zero-order valence-electron chi connectivity index (χ0n) is 18.8. The Balaban J connectivity index is 1.73. The number of cyclic esters (lactones) is 1. The van der Waals surface area contributed by atoms with Crippen molar-refractivity contribution in [3.8, 4) is 0 Å². The molecule has 5 heteroatoms. The van der Waals surface area contributed by atoms with Crippen LogP contribution in [0.3, 0.4) is 0 Å². The van der Waals surface area contributed by atoms with E-state index in [2.05, 4.69) is 20.8 Å². The smallest absolute Gasteiger partial charge is 0.307 e. The summed E-state index contributed by atoms with van der Waals surface area (Å²) in [6, 6.07) is 0. The lowest BCUT2D eigenvalue weighted by molar-refractivity contribution is -0.149. The van der Waals surface area contributed by atoms with E-state index in [-0.39, 0.29) is 30.0 Å². The highest BCUT2D eigenvalue weighted by Crippen LogP contribution is 2.35. The molecule has 1 aromatic carbocycles. The first kappa shape index (κ1) is 21.5. The summed E-state index contributed by atoms with van der Waals surface area (Å²) in [4.78, 5) is 39.8. The third-order valence-electron chi connectivity index (χ3n) is 7.31. The second kappa shape index (κ2) is 7.58. The maximum Gasteiger partial charge on any atom is 0.307 e. The average molecular weight is 400 g/mol. The summed E-state index contributed by atoms with van der Waals surface area (Å²) in [6.45, 7) is 15.1. The molecule has 2 aliphatic rings. The number of esters is 1. The van der Waals surface area contributed by atoms with Crippen molar-refractivity contribution in [2.45, 2.75) is 73.3 Å². The van der Waals surface area contributed by atoms with Crippen molar-refractivity contribution in [3.05, 3.63) is 33.4 Å². The minimum atomic E-state index is -0.758. The molecule has 5 nitrogen and oxygen atoms in total. The summed E-state index contributed by atoms with van der Waals surface area (Å²) in [5.74, 6) is -0.629. The molecular weight excluding hydrogens is 366 g/mol. The van der Waals surface area contributed by atoms with Gasteiger partial charge in [-0.1, -0.05) is 0 Å².